The number of hydrogen-bond donors (Lipinski definition) is 4. The lowest BCUT2D eigenvalue weighted by Crippen LogP contribution is -2.16. The summed E-state index contributed by atoms with van der Waals surface area (Å²) in [5.41, 5.74) is 5.88. The summed E-state index contributed by atoms with van der Waals surface area (Å²) in [7, 11) is -1.53. The molecule has 0 saturated heterocycles. The van der Waals surface area contributed by atoms with Gasteiger partial charge in [-0.05, 0) is 80.4 Å². The molecule has 0 bridgehead atoms. The summed E-state index contributed by atoms with van der Waals surface area (Å²) in [6.07, 6.45) is 4.42. The Kier molecular flexibility index (Phi) is 10.9. The summed E-state index contributed by atoms with van der Waals surface area (Å²) in [4.78, 5) is 35.7. The van der Waals surface area contributed by atoms with Crippen molar-refractivity contribution in [1.82, 2.24) is 29.5 Å². The van der Waals surface area contributed by atoms with E-state index in [-0.39, 0.29) is 29.6 Å². The third kappa shape index (κ3) is 8.15. The van der Waals surface area contributed by atoms with E-state index in [0.717, 1.165) is 16.9 Å². The van der Waals surface area contributed by atoms with E-state index in [1.165, 1.54) is 18.6 Å². The summed E-state index contributed by atoms with van der Waals surface area (Å²) < 4.78 is 50.6. The molecule has 0 aliphatic heterocycles. The molecular weight excluding hydrogens is 736 g/mol. The lowest BCUT2D eigenvalue weighted by molar-refractivity contribution is -0.115. The first-order chi connectivity index (χ1) is 27.0. The summed E-state index contributed by atoms with van der Waals surface area (Å²) in [5.74, 6) is 0.288. The first-order valence-electron chi connectivity index (χ1n) is 17.6. The number of halogens is 1. The van der Waals surface area contributed by atoms with Gasteiger partial charge in [0.25, 0.3) is 0 Å². The zero-order valence-corrected chi connectivity index (χ0v) is 31.8. The zero-order valence-electron chi connectivity index (χ0n) is 31.0. The number of anilines is 2. The van der Waals surface area contributed by atoms with Crippen LogP contribution in [0.3, 0.4) is 0 Å². The van der Waals surface area contributed by atoms with Crippen molar-refractivity contribution in [2.75, 3.05) is 23.5 Å². The van der Waals surface area contributed by atoms with E-state index in [4.69, 9.17) is 14.5 Å². The molecule has 15 heteroatoms. The molecule has 7 aromatic rings. The van der Waals surface area contributed by atoms with E-state index in [2.05, 4.69) is 30.6 Å². The highest BCUT2D eigenvalue weighted by molar-refractivity contribution is 8.24. The maximum absolute atomic E-state index is 16.5. The molecule has 0 fully saturated rings. The van der Waals surface area contributed by atoms with Crippen molar-refractivity contribution in [3.63, 3.8) is 0 Å². The average Bonchev–Trinajstić information content (AvgIpc) is 3.48. The number of aryl methyl sites for hydroxylation is 3. The molecule has 0 aliphatic carbocycles. The van der Waals surface area contributed by atoms with Crippen LogP contribution in [0.1, 0.15) is 28.8 Å². The number of aromatic nitrogens is 6. The summed E-state index contributed by atoms with van der Waals surface area (Å²) in [5, 5.41) is 6.23. The predicted octanol–water partition coefficient (Wildman–Crippen LogP) is 8.89. The van der Waals surface area contributed by atoms with Gasteiger partial charge in [-0.1, -0.05) is 30.3 Å². The van der Waals surface area contributed by atoms with Crippen LogP contribution in [0.15, 0.2) is 109 Å². The molecule has 0 atom stereocenters. The van der Waals surface area contributed by atoms with Crippen LogP contribution in [0.4, 0.5) is 15.9 Å². The smallest absolute Gasteiger partial charge is 0.322 e. The van der Waals surface area contributed by atoms with Gasteiger partial charge in [0.1, 0.15) is 23.3 Å². The lowest BCUT2D eigenvalue weighted by atomic mass is 10.1. The van der Waals surface area contributed by atoms with E-state index in [1.807, 2.05) is 45.0 Å². The molecular formula is C41H39FN8O5S. The monoisotopic (exact) mass is 774 g/mol. The van der Waals surface area contributed by atoms with Crippen molar-refractivity contribution < 1.29 is 27.8 Å². The van der Waals surface area contributed by atoms with Gasteiger partial charge in [0.05, 0.1) is 52.2 Å². The Bertz CT molecular complexity index is 2530. The van der Waals surface area contributed by atoms with E-state index < -0.39 is 22.3 Å². The van der Waals surface area contributed by atoms with Gasteiger partial charge < -0.3 is 20.1 Å². The van der Waals surface area contributed by atoms with Crippen LogP contribution in [-0.4, -0.2) is 57.4 Å². The van der Waals surface area contributed by atoms with Gasteiger partial charge in [-0.2, -0.15) is 10.6 Å². The van der Waals surface area contributed by atoms with Gasteiger partial charge in [0, 0.05) is 36.5 Å². The van der Waals surface area contributed by atoms with E-state index in [1.54, 1.807) is 72.5 Å². The van der Waals surface area contributed by atoms with Crippen LogP contribution in [0.25, 0.3) is 28.1 Å². The first kappa shape index (κ1) is 37.9. The third-order valence-corrected chi connectivity index (χ3v) is 10.9. The SMILES string of the molecule is COc1ccc(CNc2ncnc3c(C)c(-c4ncc(NC(=O)CCS(O)(O)c5ccccc5)cc4C)n(-c4ccc(Oc5nccc(C)n5)cc4F)c23)cc1. The van der Waals surface area contributed by atoms with Gasteiger partial charge in [-0.25, -0.2) is 24.3 Å². The van der Waals surface area contributed by atoms with Gasteiger partial charge >= 0.3 is 6.01 Å². The molecule has 0 aliphatic rings. The predicted molar refractivity (Wildman–Crippen MR) is 214 cm³/mol. The Hall–Kier alpha value is -6.42. The highest BCUT2D eigenvalue weighted by Crippen LogP contribution is 2.48. The Morgan fingerprint density at radius 2 is 1.68 bits per heavy atom. The molecule has 0 spiro atoms. The number of pyridine rings is 1. The zero-order chi connectivity index (χ0) is 39.4. The Labute approximate surface area is 324 Å². The molecule has 4 heterocycles. The van der Waals surface area contributed by atoms with Gasteiger partial charge in [0.2, 0.25) is 5.91 Å². The summed E-state index contributed by atoms with van der Waals surface area (Å²) in [6.45, 7) is 5.95. The van der Waals surface area contributed by atoms with E-state index in [9.17, 15) is 13.9 Å². The van der Waals surface area contributed by atoms with Crippen LogP contribution >= 0.6 is 10.6 Å². The highest BCUT2D eigenvalue weighted by Gasteiger charge is 2.26. The number of benzene rings is 3. The van der Waals surface area contributed by atoms with Crippen LogP contribution in [0.5, 0.6) is 17.5 Å². The molecule has 4 aromatic heterocycles. The van der Waals surface area contributed by atoms with Crippen molar-refractivity contribution in [2.24, 2.45) is 0 Å². The number of methoxy groups -OCH3 is 1. The number of ether oxygens (including phenoxy) is 2. The number of nitrogens with zero attached hydrogens (tertiary/aromatic N) is 6. The Balaban J connectivity index is 1.25. The molecule has 7 rings (SSSR count). The number of amides is 1. The second-order valence-corrected chi connectivity index (χ2v) is 15.2. The molecule has 0 radical (unpaired) electrons. The second kappa shape index (κ2) is 16.1. The van der Waals surface area contributed by atoms with Crippen molar-refractivity contribution >= 4 is 39.0 Å². The minimum atomic E-state index is -3.14. The number of carbonyl (C=O) groups is 1. The number of nitrogens with one attached hydrogen (secondary N) is 2. The lowest BCUT2D eigenvalue weighted by Gasteiger charge is -2.32. The van der Waals surface area contributed by atoms with Gasteiger partial charge in [-0.15, -0.1) is 0 Å². The topological polar surface area (TPSA) is 169 Å². The molecule has 3 aromatic carbocycles. The van der Waals surface area contributed by atoms with Crippen LogP contribution in [-0.2, 0) is 11.3 Å². The second-order valence-electron chi connectivity index (χ2n) is 13.0. The number of carbonyl (C=O) groups excluding carboxylic acids is 1. The molecule has 4 N–H and O–H groups in total. The summed E-state index contributed by atoms with van der Waals surface area (Å²) in [6, 6.07) is 24.2. The van der Waals surface area contributed by atoms with Crippen LogP contribution < -0.4 is 20.1 Å². The quantitative estimate of drug-likeness (QED) is 0.0883. The normalized spacial score (nSPS) is 11.7. The Morgan fingerprint density at radius 1 is 0.911 bits per heavy atom. The number of hydrogen-bond acceptors (Lipinski definition) is 11. The van der Waals surface area contributed by atoms with Crippen LogP contribution in [0, 0.1) is 26.6 Å². The van der Waals surface area contributed by atoms with Crippen molar-refractivity contribution in [3.8, 4) is 34.6 Å². The van der Waals surface area contributed by atoms with Crippen molar-refractivity contribution in [1.29, 1.82) is 0 Å². The molecule has 1 amide bonds. The van der Waals surface area contributed by atoms with Gasteiger partial charge in [-0.3, -0.25) is 23.5 Å². The molecule has 0 saturated carbocycles. The molecule has 286 valence electrons. The van der Waals surface area contributed by atoms with Crippen molar-refractivity contribution in [3.05, 3.63) is 132 Å². The Morgan fingerprint density at radius 3 is 2.39 bits per heavy atom. The highest BCUT2D eigenvalue weighted by atomic mass is 32.3. The minimum Gasteiger partial charge on any atom is -0.497 e. The molecule has 56 heavy (non-hydrogen) atoms. The molecule has 0 unspecified atom stereocenters. The first-order valence-corrected chi connectivity index (χ1v) is 19.3. The average molecular weight is 775 g/mol. The fourth-order valence-corrected chi connectivity index (χ4v) is 7.56. The third-order valence-electron chi connectivity index (χ3n) is 9.06. The maximum atomic E-state index is 16.5. The minimum absolute atomic E-state index is 0.0926. The van der Waals surface area contributed by atoms with E-state index in [0.29, 0.717) is 56.6 Å². The maximum Gasteiger partial charge on any atom is 0.322 e. The van der Waals surface area contributed by atoms with Crippen molar-refractivity contribution in [2.45, 2.75) is 38.6 Å². The fourth-order valence-electron chi connectivity index (χ4n) is 6.26. The van der Waals surface area contributed by atoms with Gasteiger partial charge in [0.15, 0.2) is 11.6 Å². The number of rotatable bonds is 13. The van der Waals surface area contributed by atoms with E-state index >= 15 is 4.39 Å². The standard InChI is InChI=1S/C41H39FN8O5S/c1-25-20-29(49-35(51)17-19-56(52,53)32-8-6-5-7-9-32)23-44-36(25)38-27(3)37-39(40(47-24-46-37)45-22-28-10-12-30(54-4)13-11-28)50(38)34-15-14-31(21-33(34)42)55-41-43-18-16-26(2)48-41/h5-16,18,20-21,23-24,52-53H,17,19,22H2,1-4H3,(H,49,51)(H,45,46,47). The largest absolute Gasteiger partial charge is 0.497 e. The fraction of sp³-hybridized carbons (Fsp3) is 0.171. The molecule has 13 nitrogen and oxygen atoms in total. The summed E-state index contributed by atoms with van der Waals surface area (Å²) >= 11 is 0. The van der Waals surface area contributed by atoms with Crippen LogP contribution in [0.2, 0.25) is 0 Å². The number of fused-ring (bicyclic) bond motifs is 1.